The molecule has 4 rings (SSSR count). The largest absolute Gasteiger partial charge is 0.480 e. The second-order valence-electron chi connectivity index (χ2n) is 6.82. The van der Waals surface area contributed by atoms with E-state index in [1.807, 2.05) is 67.3 Å². The van der Waals surface area contributed by atoms with Crippen molar-refractivity contribution in [2.75, 3.05) is 11.4 Å². The van der Waals surface area contributed by atoms with E-state index in [2.05, 4.69) is 0 Å². The van der Waals surface area contributed by atoms with Gasteiger partial charge in [-0.15, -0.1) is 12.4 Å². The normalized spacial score (nSPS) is 13.7. The average molecular weight is 399 g/mol. The van der Waals surface area contributed by atoms with E-state index in [9.17, 15) is 9.90 Å². The Balaban J connectivity index is 0.00000225. The Morgan fingerprint density at radius 3 is 2.64 bits per heavy atom. The number of carbonyl (C=O) groups is 1. The van der Waals surface area contributed by atoms with Gasteiger partial charge in [0.15, 0.2) is 0 Å². The molecule has 1 N–H and O–H groups in total. The fraction of sp³-hybridized carbons (Fsp3) is 0.273. The monoisotopic (exact) mass is 398 g/mol. The minimum atomic E-state index is -0.787. The average Bonchev–Trinajstić information content (AvgIpc) is 3.09. The van der Waals surface area contributed by atoms with Crippen LogP contribution in [0, 0.1) is 6.92 Å². The first kappa shape index (κ1) is 20.0. The van der Waals surface area contributed by atoms with Crippen molar-refractivity contribution >= 4 is 35.0 Å². The smallest absolute Gasteiger partial charge is 0.326 e. The molecule has 1 unspecified atom stereocenters. The van der Waals surface area contributed by atoms with Crippen LogP contribution in [0.2, 0.25) is 0 Å². The number of rotatable bonds is 5. The molecule has 2 aromatic carbocycles. The summed E-state index contributed by atoms with van der Waals surface area (Å²) in [4.78, 5) is 18.5. The zero-order valence-electron chi connectivity index (χ0n) is 15.9. The van der Waals surface area contributed by atoms with Gasteiger partial charge in [0.05, 0.1) is 11.2 Å². The highest BCUT2D eigenvalue weighted by Gasteiger charge is 2.32. The van der Waals surface area contributed by atoms with E-state index in [-0.39, 0.29) is 12.4 Å². The summed E-state index contributed by atoms with van der Waals surface area (Å²) < 4.78 is 5.98. The molecule has 0 saturated heterocycles. The number of aliphatic carboxylic acids is 1. The molecular formula is C22H23ClN2O3. The number of pyridine rings is 1. The molecule has 0 amide bonds. The maximum Gasteiger partial charge on any atom is 0.326 e. The third-order valence-electron chi connectivity index (χ3n) is 5.15. The number of para-hydroxylation sites is 1. The van der Waals surface area contributed by atoms with Crippen molar-refractivity contribution in [3.8, 4) is 11.5 Å². The number of carboxylic acids is 1. The van der Waals surface area contributed by atoms with Crippen molar-refractivity contribution in [2.45, 2.75) is 32.7 Å². The Labute approximate surface area is 170 Å². The number of halogens is 1. The molecule has 1 aromatic heterocycles. The zero-order chi connectivity index (χ0) is 19.0. The Morgan fingerprint density at radius 1 is 1.21 bits per heavy atom. The molecule has 5 nitrogen and oxygen atoms in total. The predicted octanol–water partition coefficient (Wildman–Crippen LogP) is 4.98. The number of anilines is 1. The van der Waals surface area contributed by atoms with Gasteiger partial charge >= 0.3 is 5.97 Å². The lowest BCUT2D eigenvalue weighted by Gasteiger charge is -2.27. The highest BCUT2D eigenvalue weighted by Crippen LogP contribution is 2.40. The number of ether oxygens (including phenoxy) is 1. The zero-order valence-corrected chi connectivity index (χ0v) is 16.7. The number of nitrogens with zero attached hydrogens (tertiary/aromatic N) is 2. The summed E-state index contributed by atoms with van der Waals surface area (Å²) in [6.45, 7) is 4.61. The molecule has 1 aliphatic rings. The third kappa shape index (κ3) is 3.50. The predicted molar refractivity (Wildman–Crippen MR) is 113 cm³/mol. The van der Waals surface area contributed by atoms with Gasteiger partial charge in [0, 0.05) is 17.6 Å². The van der Waals surface area contributed by atoms with Crippen molar-refractivity contribution < 1.29 is 14.6 Å². The molecule has 6 heteroatoms. The summed E-state index contributed by atoms with van der Waals surface area (Å²) >= 11 is 0. The lowest BCUT2D eigenvalue weighted by molar-refractivity contribution is -0.138. The number of fused-ring (bicyclic) bond motifs is 3. The first-order valence-electron chi connectivity index (χ1n) is 9.24. The molecule has 0 bridgehead atoms. The van der Waals surface area contributed by atoms with E-state index in [0.717, 1.165) is 45.8 Å². The van der Waals surface area contributed by atoms with Gasteiger partial charge in [0.2, 0.25) is 0 Å². The fourth-order valence-corrected chi connectivity index (χ4v) is 3.88. The van der Waals surface area contributed by atoms with Crippen molar-refractivity contribution in [1.82, 2.24) is 4.98 Å². The number of aryl methyl sites for hydroxylation is 1. The maximum absolute atomic E-state index is 11.8. The highest BCUT2D eigenvalue weighted by atomic mass is 35.5. The minimum Gasteiger partial charge on any atom is -0.480 e. The molecule has 0 saturated carbocycles. The summed E-state index contributed by atoms with van der Waals surface area (Å²) in [6.07, 6.45) is 1.37. The van der Waals surface area contributed by atoms with E-state index in [0.29, 0.717) is 13.0 Å². The van der Waals surface area contributed by atoms with Crippen LogP contribution in [0.15, 0.2) is 48.5 Å². The van der Waals surface area contributed by atoms with Crippen LogP contribution in [0.3, 0.4) is 0 Å². The van der Waals surface area contributed by atoms with Crippen LogP contribution >= 0.6 is 12.4 Å². The Kier molecular flexibility index (Phi) is 5.75. The van der Waals surface area contributed by atoms with Crippen LogP contribution < -0.4 is 9.64 Å². The first-order valence-corrected chi connectivity index (χ1v) is 9.24. The number of hydrogen-bond acceptors (Lipinski definition) is 4. The molecule has 0 spiro atoms. The summed E-state index contributed by atoms with van der Waals surface area (Å²) in [5.41, 5.74) is 3.96. The lowest BCUT2D eigenvalue weighted by Crippen LogP contribution is -2.39. The van der Waals surface area contributed by atoms with Gasteiger partial charge in [-0.3, -0.25) is 4.98 Å². The summed E-state index contributed by atoms with van der Waals surface area (Å²) in [6, 6.07) is 14.9. The lowest BCUT2D eigenvalue weighted by atomic mass is 10.1. The Morgan fingerprint density at radius 2 is 1.96 bits per heavy atom. The second-order valence-corrected chi connectivity index (χ2v) is 6.82. The van der Waals surface area contributed by atoms with E-state index in [1.54, 1.807) is 0 Å². The van der Waals surface area contributed by atoms with Crippen LogP contribution in [0.5, 0.6) is 11.5 Å². The van der Waals surface area contributed by atoms with Gasteiger partial charge in [-0.1, -0.05) is 25.1 Å². The van der Waals surface area contributed by atoms with Crippen LogP contribution in [-0.2, 0) is 11.2 Å². The molecule has 3 aromatic rings. The molecule has 0 radical (unpaired) electrons. The van der Waals surface area contributed by atoms with Gasteiger partial charge in [-0.25, -0.2) is 4.79 Å². The van der Waals surface area contributed by atoms with Crippen LogP contribution in [-0.4, -0.2) is 28.6 Å². The topological polar surface area (TPSA) is 62.7 Å². The number of aromatic nitrogens is 1. The molecule has 28 heavy (non-hydrogen) atoms. The van der Waals surface area contributed by atoms with Crippen LogP contribution in [0.4, 0.5) is 5.69 Å². The fourth-order valence-electron chi connectivity index (χ4n) is 3.88. The minimum absolute atomic E-state index is 0. The summed E-state index contributed by atoms with van der Waals surface area (Å²) in [7, 11) is 0. The number of benzene rings is 2. The van der Waals surface area contributed by atoms with Crippen molar-refractivity contribution in [3.05, 3.63) is 59.8 Å². The van der Waals surface area contributed by atoms with Crippen LogP contribution in [0.1, 0.15) is 24.6 Å². The van der Waals surface area contributed by atoms with E-state index in [4.69, 9.17) is 9.72 Å². The molecule has 0 aliphatic carbocycles. The Hall–Kier alpha value is -2.79. The van der Waals surface area contributed by atoms with Gasteiger partial charge in [0.25, 0.3) is 0 Å². The van der Waals surface area contributed by atoms with Gasteiger partial charge < -0.3 is 14.7 Å². The molecule has 1 aliphatic heterocycles. The van der Waals surface area contributed by atoms with Gasteiger partial charge in [0.1, 0.15) is 17.5 Å². The number of carboxylic acid groups (broad SMARTS) is 1. The number of hydrogen-bond donors (Lipinski definition) is 1. The highest BCUT2D eigenvalue weighted by molar-refractivity contribution is 5.97. The maximum atomic E-state index is 11.8. The molecule has 1 atom stereocenters. The van der Waals surface area contributed by atoms with Gasteiger partial charge in [-0.2, -0.15) is 0 Å². The standard InChI is InChI=1S/C22H22N2O3.ClH/c1-3-20(22(25)26)24-12-11-17-14(2)23-19-10-9-16(13-18(19)21(17)24)27-15-7-5-4-6-8-15;/h4-10,13,20H,3,11-12H2,1-2H3,(H,25,26);1H. The summed E-state index contributed by atoms with van der Waals surface area (Å²) in [5.74, 6) is 0.698. The second kappa shape index (κ2) is 8.07. The quantitative estimate of drug-likeness (QED) is 0.656. The Bertz CT molecular complexity index is 1010. The van der Waals surface area contributed by atoms with Crippen molar-refractivity contribution in [1.29, 1.82) is 0 Å². The van der Waals surface area contributed by atoms with Crippen molar-refractivity contribution in [3.63, 3.8) is 0 Å². The molecule has 2 heterocycles. The molecular weight excluding hydrogens is 376 g/mol. The van der Waals surface area contributed by atoms with E-state index in [1.165, 1.54) is 0 Å². The van der Waals surface area contributed by atoms with E-state index >= 15 is 0 Å². The van der Waals surface area contributed by atoms with Gasteiger partial charge in [-0.05, 0) is 55.7 Å². The van der Waals surface area contributed by atoms with E-state index < -0.39 is 12.0 Å². The first-order chi connectivity index (χ1) is 13.1. The third-order valence-corrected chi connectivity index (χ3v) is 5.15. The van der Waals surface area contributed by atoms with Crippen molar-refractivity contribution in [2.24, 2.45) is 0 Å². The van der Waals surface area contributed by atoms with Crippen LogP contribution in [0.25, 0.3) is 10.9 Å². The molecule has 146 valence electrons. The summed E-state index contributed by atoms with van der Waals surface area (Å²) in [5, 5.41) is 10.6. The molecule has 0 fully saturated rings. The SMILES string of the molecule is CCC(C(=O)O)N1CCc2c(C)nc3ccc(Oc4ccccc4)cc3c21.Cl.